The van der Waals surface area contributed by atoms with Crippen molar-refractivity contribution in [3.05, 3.63) is 28.8 Å². The Labute approximate surface area is 124 Å². The van der Waals surface area contributed by atoms with Gasteiger partial charge in [-0.2, -0.15) is 13.2 Å². The van der Waals surface area contributed by atoms with Gasteiger partial charge in [-0.05, 0) is 25.1 Å². The van der Waals surface area contributed by atoms with Crippen LogP contribution in [0.25, 0.3) is 0 Å². The second-order valence-electron chi connectivity index (χ2n) is 4.62. The van der Waals surface area contributed by atoms with E-state index in [4.69, 9.17) is 16.7 Å². The average molecular weight is 348 g/mol. The van der Waals surface area contributed by atoms with Gasteiger partial charge < -0.3 is 10.2 Å². The molecule has 0 spiro atoms. The molecule has 0 bridgehead atoms. The molecule has 0 saturated heterocycles. The predicted octanol–water partition coefficient (Wildman–Crippen LogP) is 1.38. The Morgan fingerprint density at radius 3 is 2.38 bits per heavy atom. The summed E-state index contributed by atoms with van der Waals surface area (Å²) < 4.78 is 64.2. The van der Waals surface area contributed by atoms with Gasteiger partial charge in [-0.25, -0.2) is 13.1 Å². The maximum absolute atomic E-state index is 12.9. The van der Waals surface area contributed by atoms with Crippen molar-refractivity contribution in [1.82, 2.24) is 4.72 Å². The third-order valence-corrected chi connectivity index (χ3v) is 4.21. The number of halogens is 4. The first-order valence-corrected chi connectivity index (χ1v) is 7.45. The second kappa shape index (κ2) is 6.09. The monoisotopic (exact) mass is 347 g/mol. The zero-order chi connectivity index (χ0) is 16.5. The zero-order valence-corrected chi connectivity index (χ0v) is 12.3. The fraction of sp³-hybridized carbons (Fsp3) is 0.455. The molecule has 120 valence electrons. The first-order chi connectivity index (χ1) is 9.39. The van der Waals surface area contributed by atoms with Crippen LogP contribution >= 0.6 is 11.6 Å². The lowest BCUT2D eigenvalue weighted by Crippen LogP contribution is -2.43. The highest BCUT2D eigenvalue weighted by Gasteiger charge is 2.37. The highest BCUT2D eigenvalue weighted by molar-refractivity contribution is 7.89. The highest BCUT2D eigenvalue weighted by atomic mass is 35.5. The topological polar surface area (TPSA) is 86.6 Å². The predicted molar refractivity (Wildman–Crippen MR) is 69.4 cm³/mol. The highest BCUT2D eigenvalue weighted by Crippen LogP contribution is 2.35. The number of sulfonamides is 1. The van der Waals surface area contributed by atoms with Gasteiger partial charge in [0.1, 0.15) is 0 Å². The van der Waals surface area contributed by atoms with Gasteiger partial charge in [0.05, 0.1) is 22.7 Å². The molecule has 21 heavy (non-hydrogen) atoms. The molecular formula is C11H13ClF3NO4S. The number of aliphatic hydroxyl groups excluding tert-OH is 1. The molecule has 0 heterocycles. The molecule has 0 aliphatic heterocycles. The van der Waals surface area contributed by atoms with Crippen molar-refractivity contribution in [3.8, 4) is 0 Å². The molecule has 1 unspecified atom stereocenters. The molecular weight excluding hydrogens is 335 g/mol. The van der Waals surface area contributed by atoms with Crippen LogP contribution < -0.4 is 4.72 Å². The van der Waals surface area contributed by atoms with Crippen LogP contribution in [0.2, 0.25) is 5.02 Å². The number of alkyl halides is 3. The lowest BCUT2D eigenvalue weighted by atomic mass is 10.1. The minimum Gasteiger partial charge on any atom is -0.393 e. The van der Waals surface area contributed by atoms with Gasteiger partial charge in [0.2, 0.25) is 10.0 Å². The van der Waals surface area contributed by atoms with E-state index in [2.05, 4.69) is 0 Å². The Bertz CT molecular complexity index is 616. The summed E-state index contributed by atoms with van der Waals surface area (Å²) in [4.78, 5) is -1.01. The summed E-state index contributed by atoms with van der Waals surface area (Å²) in [6.45, 7) is -0.282. The minimum absolute atomic E-state index is 0.261. The van der Waals surface area contributed by atoms with Crippen LogP contribution in [0.3, 0.4) is 0 Å². The Hall–Kier alpha value is -0.870. The Kier molecular flexibility index (Phi) is 5.27. The van der Waals surface area contributed by atoms with E-state index in [1.807, 2.05) is 4.72 Å². The van der Waals surface area contributed by atoms with Gasteiger partial charge in [-0.3, -0.25) is 0 Å². The van der Waals surface area contributed by atoms with Crippen LogP contribution in [0, 0.1) is 0 Å². The number of hydrogen-bond acceptors (Lipinski definition) is 4. The Morgan fingerprint density at radius 1 is 1.33 bits per heavy atom. The first-order valence-electron chi connectivity index (χ1n) is 5.59. The van der Waals surface area contributed by atoms with Gasteiger partial charge in [0, 0.05) is 11.6 Å². The minimum atomic E-state index is -4.91. The summed E-state index contributed by atoms with van der Waals surface area (Å²) in [5.41, 5.74) is -3.20. The van der Waals surface area contributed by atoms with Crippen LogP contribution in [0.5, 0.6) is 0 Å². The molecule has 1 atom stereocenters. The van der Waals surface area contributed by atoms with E-state index in [1.165, 1.54) is 0 Å². The molecule has 0 saturated carbocycles. The fourth-order valence-corrected chi connectivity index (χ4v) is 2.88. The third-order valence-electron chi connectivity index (χ3n) is 2.52. The van der Waals surface area contributed by atoms with E-state index in [-0.39, 0.29) is 5.02 Å². The number of hydrogen-bond donors (Lipinski definition) is 3. The Balaban J connectivity index is 3.21. The quantitative estimate of drug-likeness (QED) is 0.751. The second-order valence-corrected chi connectivity index (χ2v) is 6.79. The van der Waals surface area contributed by atoms with Crippen molar-refractivity contribution in [3.63, 3.8) is 0 Å². The lowest BCUT2D eigenvalue weighted by Gasteiger charge is -2.21. The van der Waals surface area contributed by atoms with Crippen LogP contribution in [0.4, 0.5) is 13.2 Å². The summed E-state index contributed by atoms with van der Waals surface area (Å²) in [6, 6.07) is 2.23. The standard InChI is InChI=1S/C11H13ClF3NO4S/c1-10(18,6-17)5-16-21(19,20)9-3-2-7(12)4-8(9)11(13,14)15/h2-4,16-18H,5-6H2,1H3. The van der Waals surface area contributed by atoms with E-state index in [0.29, 0.717) is 6.07 Å². The summed E-state index contributed by atoms with van der Waals surface area (Å²) in [7, 11) is -4.53. The van der Waals surface area contributed by atoms with Crippen molar-refractivity contribution in [2.24, 2.45) is 0 Å². The van der Waals surface area contributed by atoms with E-state index in [9.17, 15) is 26.7 Å². The van der Waals surface area contributed by atoms with Crippen molar-refractivity contribution in [2.75, 3.05) is 13.2 Å². The average Bonchev–Trinajstić information content (AvgIpc) is 2.35. The molecule has 1 aromatic rings. The maximum Gasteiger partial charge on any atom is 0.417 e. The van der Waals surface area contributed by atoms with Crippen molar-refractivity contribution in [2.45, 2.75) is 23.6 Å². The smallest absolute Gasteiger partial charge is 0.393 e. The van der Waals surface area contributed by atoms with E-state index >= 15 is 0 Å². The molecule has 0 aliphatic rings. The fourth-order valence-electron chi connectivity index (χ4n) is 1.34. The van der Waals surface area contributed by atoms with Gasteiger partial charge in [0.25, 0.3) is 0 Å². The molecule has 0 radical (unpaired) electrons. The Morgan fingerprint density at radius 2 is 1.90 bits per heavy atom. The van der Waals surface area contributed by atoms with Crippen LogP contribution in [0.1, 0.15) is 12.5 Å². The molecule has 1 rings (SSSR count). The van der Waals surface area contributed by atoms with Crippen molar-refractivity contribution in [1.29, 1.82) is 0 Å². The van der Waals surface area contributed by atoms with Crippen LogP contribution in [-0.2, 0) is 16.2 Å². The molecule has 0 fully saturated rings. The maximum atomic E-state index is 12.9. The molecule has 1 aromatic carbocycles. The molecule has 0 aromatic heterocycles. The SMILES string of the molecule is CC(O)(CO)CNS(=O)(=O)c1ccc(Cl)cc1C(F)(F)F. The lowest BCUT2D eigenvalue weighted by molar-refractivity contribution is -0.139. The molecule has 3 N–H and O–H groups in total. The van der Waals surface area contributed by atoms with E-state index in [0.717, 1.165) is 19.1 Å². The normalized spacial score (nSPS) is 15.8. The zero-order valence-electron chi connectivity index (χ0n) is 10.8. The van der Waals surface area contributed by atoms with Gasteiger partial charge >= 0.3 is 6.18 Å². The van der Waals surface area contributed by atoms with Crippen LogP contribution in [-0.4, -0.2) is 37.4 Å². The van der Waals surface area contributed by atoms with Crippen molar-refractivity contribution >= 4 is 21.6 Å². The van der Waals surface area contributed by atoms with Gasteiger partial charge in [-0.15, -0.1) is 0 Å². The summed E-state index contributed by atoms with van der Waals surface area (Å²) in [5.74, 6) is 0. The molecule has 10 heteroatoms. The number of nitrogens with one attached hydrogen (secondary N) is 1. The summed E-state index contributed by atoms with van der Waals surface area (Å²) in [6.07, 6.45) is -4.91. The largest absolute Gasteiger partial charge is 0.417 e. The summed E-state index contributed by atoms with van der Waals surface area (Å²) >= 11 is 5.46. The third kappa shape index (κ3) is 4.82. The van der Waals surface area contributed by atoms with Gasteiger partial charge in [-0.1, -0.05) is 11.6 Å². The summed E-state index contributed by atoms with van der Waals surface area (Å²) in [5, 5.41) is 18.0. The van der Waals surface area contributed by atoms with E-state index < -0.39 is 45.4 Å². The number of benzene rings is 1. The molecule has 0 aliphatic carbocycles. The van der Waals surface area contributed by atoms with E-state index in [1.54, 1.807) is 0 Å². The van der Waals surface area contributed by atoms with Crippen molar-refractivity contribution < 1.29 is 31.8 Å². The molecule has 5 nitrogen and oxygen atoms in total. The first kappa shape index (κ1) is 18.2. The van der Waals surface area contributed by atoms with Gasteiger partial charge in [0.15, 0.2) is 0 Å². The number of aliphatic hydroxyl groups is 2. The van der Waals surface area contributed by atoms with Crippen LogP contribution in [0.15, 0.2) is 23.1 Å². The molecule has 0 amide bonds. The number of rotatable bonds is 5.